The third kappa shape index (κ3) is 5.21. The zero-order valence-corrected chi connectivity index (χ0v) is 19.4. The molecule has 0 aliphatic carbocycles. The number of hydrogen-bond donors (Lipinski definition) is 1. The topological polar surface area (TPSA) is 83.5 Å². The molecule has 2 aliphatic rings. The lowest BCUT2D eigenvalue weighted by atomic mass is 9.98. The summed E-state index contributed by atoms with van der Waals surface area (Å²) in [5, 5.41) is 2.38. The van der Waals surface area contributed by atoms with Gasteiger partial charge in [-0.15, -0.1) is 0 Å². The standard InChI is InChI=1S/C21H34N2O4S2/c1-4-17-8-10-18(11-9-17)29(26,27)20-15-28(24,25)14-19(20)22-16-21(2,3)23-12-6-5-7-13-23/h8-11,19-20,22H,4-7,12-16H2,1-3H3/t19-,20-/m0/s1. The van der Waals surface area contributed by atoms with Crippen LogP contribution in [-0.4, -0.2) is 69.7 Å². The van der Waals surface area contributed by atoms with E-state index in [1.54, 1.807) is 24.3 Å². The molecular formula is C21H34N2O4S2. The minimum atomic E-state index is -3.73. The molecule has 0 unspecified atom stereocenters. The summed E-state index contributed by atoms with van der Waals surface area (Å²) in [5.41, 5.74) is 0.907. The Balaban J connectivity index is 1.77. The zero-order valence-electron chi connectivity index (χ0n) is 17.7. The Morgan fingerprint density at radius 2 is 1.69 bits per heavy atom. The first kappa shape index (κ1) is 22.7. The molecule has 2 saturated heterocycles. The Labute approximate surface area is 175 Å². The van der Waals surface area contributed by atoms with Crippen LogP contribution in [0.15, 0.2) is 29.2 Å². The van der Waals surface area contributed by atoms with E-state index in [1.807, 2.05) is 6.92 Å². The molecule has 2 atom stereocenters. The third-order valence-electron chi connectivity index (χ3n) is 6.37. The summed E-state index contributed by atoms with van der Waals surface area (Å²) >= 11 is 0. The van der Waals surface area contributed by atoms with Gasteiger partial charge >= 0.3 is 0 Å². The van der Waals surface area contributed by atoms with E-state index >= 15 is 0 Å². The molecule has 1 N–H and O–H groups in total. The van der Waals surface area contributed by atoms with Crippen LogP contribution in [0.4, 0.5) is 0 Å². The van der Waals surface area contributed by atoms with Crippen LogP contribution in [-0.2, 0) is 26.1 Å². The molecule has 0 saturated carbocycles. The molecular weight excluding hydrogens is 408 g/mol. The van der Waals surface area contributed by atoms with Crippen molar-refractivity contribution in [1.29, 1.82) is 0 Å². The van der Waals surface area contributed by atoms with Crippen molar-refractivity contribution in [3.05, 3.63) is 29.8 Å². The fraction of sp³-hybridized carbons (Fsp3) is 0.714. The second kappa shape index (κ2) is 8.65. The lowest BCUT2D eigenvalue weighted by Gasteiger charge is -2.42. The van der Waals surface area contributed by atoms with Gasteiger partial charge in [0.1, 0.15) is 0 Å². The second-order valence-corrected chi connectivity index (χ2v) is 13.3. The summed E-state index contributed by atoms with van der Waals surface area (Å²) in [6.07, 6.45) is 4.42. The van der Waals surface area contributed by atoms with E-state index in [9.17, 15) is 16.8 Å². The number of nitrogens with zero attached hydrogens (tertiary/aromatic N) is 1. The minimum absolute atomic E-state index is 0.125. The fourth-order valence-corrected chi connectivity index (χ4v) is 9.11. The van der Waals surface area contributed by atoms with E-state index in [1.165, 1.54) is 19.3 Å². The zero-order chi connectivity index (χ0) is 21.3. The van der Waals surface area contributed by atoms with E-state index in [-0.39, 0.29) is 21.9 Å². The van der Waals surface area contributed by atoms with Gasteiger partial charge in [0.2, 0.25) is 0 Å². The molecule has 6 nitrogen and oxygen atoms in total. The van der Waals surface area contributed by atoms with Gasteiger partial charge in [0.25, 0.3) is 0 Å². The number of nitrogens with one attached hydrogen (secondary N) is 1. The summed E-state index contributed by atoms with van der Waals surface area (Å²) in [4.78, 5) is 2.62. The van der Waals surface area contributed by atoms with Crippen LogP contribution in [0.2, 0.25) is 0 Å². The molecule has 29 heavy (non-hydrogen) atoms. The predicted molar refractivity (Wildman–Crippen MR) is 117 cm³/mol. The molecule has 164 valence electrons. The van der Waals surface area contributed by atoms with Crippen LogP contribution in [0.1, 0.15) is 45.6 Å². The quantitative estimate of drug-likeness (QED) is 0.696. The summed E-state index contributed by atoms with van der Waals surface area (Å²) in [5.74, 6) is -0.438. The molecule has 0 aromatic heterocycles. The van der Waals surface area contributed by atoms with E-state index in [0.29, 0.717) is 6.54 Å². The van der Waals surface area contributed by atoms with Gasteiger partial charge < -0.3 is 5.32 Å². The fourth-order valence-electron chi connectivity index (χ4n) is 4.39. The van der Waals surface area contributed by atoms with Crippen molar-refractivity contribution in [2.75, 3.05) is 31.1 Å². The van der Waals surface area contributed by atoms with Gasteiger partial charge in [-0.2, -0.15) is 0 Å². The van der Waals surface area contributed by atoms with E-state index in [0.717, 1.165) is 25.1 Å². The Morgan fingerprint density at radius 3 is 2.28 bits per heavy atom. The average molecular weight is 443 g/mol. The monoisotopic (exact) mass is 442 g/mol. The summed E-state index contributed by atoms with van der Waals surface area (Å²) in [6.45, 7) is 8.92. The van der Waals surface area contributed by atoms with E-state index in [4.69, 9.17) is 0 Å². The van der Waals surface area contributed by atoms with Crippen molar-refractivity contribution in [3.8, 4) is 0 Å². The number of piperidine rings is 1. The molecule has 0 radical (unpaired) electrons. The van der Waals surface area contributed by atoms with Crippen LogP contribution in [0.3, 0.4) is 0 Å². The highest BCUT2D eigenvalue weighted by Crippen LogP contribution is 2.27. The highest BCUT2D eigenvalue weighted by Gasteiger charge is 2.46. The van der Waals surface area contributed by atoms with Gasteiger partial charge in [-0.3, -0.25) is 4.90 Å². The maximum absolute atomic E-state index is 13.2. The van der Waals surface area contributed by atoms with Gasteiger partial charge in [-0.1, -0.05) is 25.5 Å². The summed E-state index contributed by atoms with van der Waals surface area (Å²) in [6, 6.07) is 6.23. The van der Waals surface area contributed by atoms with Gasteiger partial charge in [-0.05, 0) is 63.9 Å². The molecule has 0 bridgehead atoms. The van der Waals surface area contributed by atoms with E-state index < -0.39 is 31.0 Å². The smallest absolute Gasteiger partial charge is 0.183 e. The SMILES string of the molecule is CCc1ccc(S(=O)(=O)[C@H]2CS(=O)(=O)C[C@@H]2NCC(C)(C)N2CCCCC2)cc1. The number of sulfone groups is 2. The van der Waals surface area contributed by atoms with Crippen LogP contribution in [0, 0.1) is 0 Å². The molecule has 2 fully saturated rings. The number of hydrogen-bond acceptors (Lipinski definition) is 6. The van der Waals surface area contributed by atoms with Crippen LogP contribution >= 0.6 is 0 Å². The maximum atomic E-state index is 13.2. The maximum Gasteiger partial charge on any atom is 0.183 e. The Morgan fingerprint density at radius 1 is 1.07 bits per heavy atom. The number of aryl methyl sites for hydroxylation is 1. The number of benzene rings is 1. The van der Waals surface area contributed by atoms with Crippen molar-refractivity contribution >= 4 is 19.7 Å². The molecule has 3 rings (SSSR count). The minimum Gasteiger partial charge on any atom is -0.310 e. The number of rotatable bonds is 7. The predicted octanol–water partition coefficient (Wildman–Crippen LogP) is 2.04. The summed E-state index contributed by atoms with van der Waals surface area (Å²) < 4.78 is 51.2. The van der Waals surface area contributed by atoms with Gasteiger partial charge in [0, 0.05) is 18.1 Å². The molecule has 0 amide bonds. The van der Waals surface area contributed by atoms with Crippen molar-refractivity contribution < 1.29 is 16.8 Å². The van der Waals surface area contributed by atoms with Gasteiger partial charge in [0.15, 0.2) is 19.7 Å². The first-order valence-electron chi connectivity index (χ1n) is 10.6. The van der Waals surface area contributed by atoms with Crippen molar-refractivity contribution in [2.45, 2.75) is 68.2 Å². The Kier molecular flexibility index (Phi) is 6.78. The van der Waals surface area contributed by atoms with Crippen LogP contribution < -0.4 is 5.32 Å². The third-order valence-corrected chi connectivity index (χ3v) is 10.5. The Hall–Kier alpha value is -0.960. The molecule has 0 spiro atoms. The highest BCUT2D eigenvalue weighted by molar-refractivity contribution is 7.96. The largest absolute Gasteiger partial charge is 0.310 e. The lowest BCUT2D eigenvalue weighted by molar-refractivity contribution is 0.0925. The van der Waals surface area contributed by atoms with Crippen LogP contribution in [0.5, 0.6) is 0 Å². The average Bonchev–Trinajstić information content (AvgIpc) is 3.02. The van der Waals surface area contributed by atoms with E-state index in [2.05, 4.69) is 24.1 Å². The molecule has 1 aromatic carbocycles. The molecule has 1 aromatic rings. The summed E-state index contributed by atoms with van der Waals surface area (Å²) in [7, 11) is -7.13. The second-order valence-electron chi connectivity index (χ2n) is 9.01. The lowest BCUT2D eigenvalue weighted by Crippen LogP contribution is -2.56. The van der Waals surface area contributed by atoms with Crippen LogP contribution in [0.25, 0.3) is 0 Å². The van der Waals surface area contributed by atoms with Gasteiger partial charge in [-0.25, -0.2) is 16.8 Å². The first-order chi connectivity index (χ1) is 13.5. The van der Waals surface area contributed by atoms with Crippen molar-refractivity contribution in [3.63, 3.8) is 0 Å². The highest BCUT2D eigenvalue weighted by atomic mass is 32.2. The van der Waals surface area contributed by atoms with Gasteiger partial charge in [0.05, 0.1) is 21.7 Å². The van der Waals surface area contributed by atoms with Crippen molar-refractivity contribution in [2.24, 2.45) is 0 Å². The van der Waals surface area contributed by atoms with Crippen molar-refractivity contribution in [1.82, 2.24) is 10.2 Å². The molecule has 8 heteroatoms. The Bertz CT molecular complexity index is 903. The normalized spacial score (nSPS) is 25.9. The number of likely N-dealkylation sites (tertiary alicyclic amines) is 1. The molecule has 2 aliphatic heterocycles. The molecule has 2 heterocycles. The first-order valence-corrected chi connectivity index (χ1v) is 13.9.